The summed E-state index contributed by atoms with van der Waals surface area (Å²) in [6, 6.07) is 2.44. The van der Waals surface area contributed by atoms with E-state index in [0.717, 1.165) is 0 Å². The summed E-state index contributed by atoms with van der Waals surface area (Å²) in [4.78, 5) is 22.4. The van der Waals surface area contributed by atoms with Crippen molar-refractivity contribution >= 4 is 11.8 Å². The zero-order valence-electron chi connectivity index (χ0n) is 9.43. The molecule has 0 unspecified atom stereocenters. The monoisotopic (exact) mass is 254 g/mol. The Kier molecular flexibility index (Phi) is 4.46. The lowest BCUT2D eigenvalue weighted by Crippen LogP contribution is -2.33. The van der Waals surface area contributed by atoms with Gasteiger partial charge in [-0.25, -0.2) is 11.7 Å². The van der Waals surface area contributed by atoms with Crippen LogP contribution >= 0.6 is 0 Å². The minimum atomic E-state index is -0.565. The third-order valence-electron chi connectivity index (χ3n) is 2.38. The van der Waals surface area contributed by atoms with E-state index < -0.39 is 11.8 Å². The molecule has 0 aromatic heterocycles. The Morgan fingerprint density at radius 2 is 1.28 bits per heavy atom. The van der Waals surface area contributed by atoms with E-state index in [4.69, 9.17) is 11.7 Å². The number of aromatic hydroxyl groups is 2. The van der Waals surface area contributed by atoms with Crippen LogP contribution < -0.4 is 22.5 Å². The molecule has 1 rings (SSSR count). The summed E-state index contributed by atoms with van der Waals surface area (Å²) in [6.07, 6.45) is -0.520. The van der Waals surface area contributed by atoms with E-state index in [9.17, 15) is 19.8 Å². The van der Waals surface area contributed by atoms with Crippen LogP contribution in [0.5, 0.6) is 11.5 Å². The van der Waals surface area contributed by atoms with Gasteiger partial charge in [-0.1, -0.05) is 0 Å². The highest BCUT2D eigenvalue weighted by Crippen LogP contribution is 2.29. The molecule has 0 bridgehead atoms. The van der Waals surface area contributed by atoms with E-state index in [1.807, 2.05) is 10.9 Å². The van der Waals surface area contributed by atoms with Gasteiger partial charge < -0.3 is 10.2 Å². The average Bonchev–Trinajstić information content (AvgIpc) is 2.37. The standard InChI is InChI=1S/C10H14N4O4/c11-13-9(17)3-5-6(4-10(18)14-12)8(16)2-1-7(5)15/h1-2,15-16H,3-4,11-12H2,(H,13,17)(H,14,18). The molecule has 18 heavy (non-hydrogen) atoms. The van der Waals surface area contributed by atoms with Crippen LogP contribution in [0.2, 0.25) is 0 Å². The number of hydrogen-bond acceptors (Lipinski definition) is 6. The predicted molar refractivity (Wildman–Crippen MR) is 61.8 cm³/mol. The summed E-state index contributed by atoms with van der Waals surface area (Å²) in [5, 5.41) is 19.3. The number of carbonyl (C=O) groups is 2. The Morgan fingerprint density at radius 1 is 0.944 bits per heavy atom. The van der Waals surface area contributed by atoms with Crippen molar-refractivity contribution < 1.29 is 19.8 Å². The Hall–Kier alpha value is -2.32. The molecule has 1 aromatic carbocycles. The van der Waals surface area contributed by atoms with Gasteiger partial charge >= 0.3 is 0 Å². The van der Waals surface area contributed by atoms with Crippen LogP contribution in [0, 0.1) is 0 Å². The minimum absolute atomic E-state index is 0.126. The molecule has 0 spiro atoms. The third kappa shape index (κ3) is 3.09. The predicted octanol–water partition coefficient (Wildman–Crippen LogP) is -1.84. The quantitative estimate of drug-likeness (QED) is 0.161. The van der Waals surface area contributed by atoms with E-state index in [2.05, 4.69) is 0 Å². The van der Waals surface area contributed by atoms with E-state index >= 15 is 0 Å². The second-order valence-corrected chi connectivity index (χ2v) is 3.55. The number of nitrogens with one attached hydrogen (secondary N) is 2. The molecule has 8 N–H and O–H groups in total. The fourth-order valence-electron chi connectivity index (χ4n) is 1.49. The molecule has 8 nitrogen and oxygen atoms in total. The molecule has 0 fully saturated rings. The number of nitrogens with two attached hydrogens (primary N) is 2. The number of benzene rings is 1. The Morgan fingerprint density at radius 3 is 1.56 bits per heavy atom. The lowest BCUT2D eigenvalue weighted by atomic mass is 9.99. The van der Waals surface area contributed by atoms with Crippen molar-refractivity contribution in [1.29, 1.82) is 0 Å². The van der Waals surface area contributed by atoms with Crippen LogP contribution in [0.15, 0.2) is 12.1 Å². The lowest BCUT2D eigenvalue weighted by Gasteiger charge is -2.12. The van der Waals surface area contributed by atoms with Gasteiger partial charge in [0.1, 0.15) is 11.5 Å². The van der Waals surface area contributed by atoms with Gasteiger partial charge in [-0.3, -0.25) is 20.4 Å². The van der Waals surface area contributed by atoms with Crippen molar-refractivity contribution in [1.82, 2.24) is 10.9 Å². The molecule has 0 aliphatic rings. The molecule has 0 saturated heterocycles. The number of hydrazine groups is 2. The number of phenolic OH excluding ortho intramolecular Hbond substituents is 2. The number of phenols is 2. The maximum absolute atomic E-state index is 11.2. The highest BCUT2D eigenvalue weighted by molar-refractivity contribution is 5.83. The Bertz CT molecular complexity index is 432. The molecule has 8 heteroatoms. The van der Waals surface area contributed by atoms with Crippen molar-refractivity contribution in [3.05, 3.63) is 23.3 Å². The molecular formula is C10H14N4O4. The van der Waals surface area contributed by atoms with Crippen molar-refractivity contribution in [3.63, 3.8) is 0 Å². The van der Waals surface area contributed by atoms with Gasteiger partial charge in [0.25, 0.3) is 0 Å². The summed E-state index contributed by atoms with van der Waals surface area (Å²) >= 11 is 0. The Balaban J connectivity index is 3.15. The van der Waals surface area contributed by atoms with Gasteiger partial charge in [0.2, 0.25) is 11.8 Å². The SMILES string of the molecule is NNC(=O)Cc1c(O)ccc(O)c1CC(=O)NN. The van der Waals surface area contributed by atoms with Gasteiger partial charge in [0, 0.05) is 11.1 Å². The zero-order chi connectivity index (χ0) is 13.7. The van der Waals surface area contributed by atoms with Crippen molar-refractivity contribution in [3.8, 4) is 11.5 Å². The van der Waals surface area contributed by atoms with Gasteiger partial charge in [-0.2, -0.15) is 0 Å². The molecule has 0 saturated carbocycles. The first-order chi connectivity index (χ1) is 8.49. The van der Waals surface area contributed by atoms with Crippen LogP contribution in [0.3, 0.4) is 0 Å². The Labute approximate surface area is 103 Å². The van der Waals surface area contributed by atoms with Crippen LogP contribution in [0.4, 0.5) is 0 Å². The van der Waals surface area contributed by atoms with Gasteiger partial charge in [-0.05, 0) is 12.1 Å². The topological polar surface area (TPSA) is 151 Å². The number of hydrogen-bond donors (Lipinski definition) is 6. The molecule has 98 valence electrons. The molecule has 2 amide bonds. The largest absolute Gasteiger partial charge is 0.508 e. The molecule has 1 aromatic rings. The summed E-state index contributed by atoms with van der Waals surface area (Å²) < 4.78 is 0. The first kappa shape index (κ1) is 13.7. The first-order valence-corrected chi connectivity index (χ1v) is 5.01. The van der Waals surface area contributed by atoms with E-state index in [-0.39, 0.29) is 35.5 Å². The number of carbonyl (C=O) groups excluding carboxylic acids is 2. The smallest absolute Gasteiger partial charge is 0.238 e. The lowest BCUT2D eigenvalue weighted by molar-refractivity contribution is -0.121. The van der Waals surface area contributed by atoms with Crippen LogP contribution in [0.1, 0.15) is 11.1 Å². The summed E-state index contributed by atoms with van der Waals surface area (Å²) in [5.74, 6) is 8.33. The van der Waals surface area contributed by atoms with Crippen molar-refractivity contribution in [2.75, 3.05) is 0 Å². The molecule has 0 atom stereocenters. The molecule has 0 aliphatic heterocycles. The van der Waals surface area contributed by atoms with E-state index in [1.165, 1.54) is 12.1 Å². The molecule has 0 aliphatic carbocycles. The summed E-state index contributed by atoms with van der Waals surface area (Å²) in [5.41, 5.74) is 4.05. The van der Waals surface area contributed by atoms with Crippen LogP contribution in [0.25, 0.3) is 0 Å². The van der Waals surface area contributed by atoms with Gasteiger partial charge in [0.05, 0.1) is 12.8 Å². The highest BCUT2D eigenvalue weighted by Gasteiger charge is 2.17. The maximum Gasteiger partial charge on any atom is 0.238 e. The van der Waals surface area contributed by atoms with Gasteiger partial charge in [0.15, 0.2) is 0 Å². The number of rotatable bonds is 4. The zero-order valence-corrected chi connectivity index (χ0v) is 9.43. The molecule has 0 radical (unpaired) electrons. The second kappa shape index (κ2) is 5.84. The fraction of sp³-hybridized carbons (Fsp3) is 0.200. The van der Waals surface area contributed by atoms with Gasteiger partial charge in [-0.15, -0.1) is 0 Å². The average molecular weight is 254 g/mol. The van der Waals surface area contributed by atoms with Crippen molar-refractivity contribution in [2.24, 2.45) is 11.7 Å². The van der Waals surface area contributed by atoms with Crippen molar-refractivity contribution in [2.45, 2.75) is 12.8 Å². The first-order valence-electron chi connectivity index (χ1n) is 5.01. The molecule has 0 heterocycles. The summed E-state index contributed by atoms with van der Waals surface area (Å²) in [6.45, 7) is 0. The fourth-order valence-corrected chi connectivity index (χ4v) is 1.49. The van der Waals surface area contributed by atoms with Crippen LogP contribution in [-0.4, -0.2) is 22.0 Å². The van der Waals surface area contributed by atoms with E-state index in [0.29, 0.717) is 0 Å². The minimum Gasteiger partial charge on any atom is -0.508 e. The summed E-state index contributed by atoms with van der Waals surface area (Å²) in [7, 11) is 0. The number of amides is 2. The molecular weight excluding hydrogens is 240 g/mol. The van der Waals surface area contributed by atoms with E-state index in [1.54, 1.807) is 0 Å². The third-order valence-corrected chi connectivity index (χ3v) is 2.38. The normalized spacial score (nSPS) is 9.89. The maximum atomic E-state index is 11.2. The second-order valence-electron chi connectivity index (χ2n) is 3.55. The highest BCUT2D eigenvalue weighted by atomic mass is 16.3. The van der Waals surface area contributed by atoms with Crippen LogP contribution in [-0.2, 0) is 22.4 Å².